The number of ether oxygens (including phenoxy) is 1. The minimum atomic E-state index is -0.414. The minimum Gasteiger partial charge on any atom is -0.472 e. The van der Waals surface area contributed by atoms with E-state index in [0.717, 1.165) is 5.56 Å². The molecule has 1 aromatic carbocycles. The fourth-order valence-corrected chi connectivity index (χ4v) is 2.58. The molecule has 0 unspecified atom stereocenters. The summed E-state index contributed by atoms with van der Waals surface area (Å²) in [5.74, 6) is -0.261. The Labute approximate surface area is 128 Å². The first kappa shape index (κ1) is 14.4. The van der Waals surface area contributed by atoms with Gasteiger partial charge in [-0.15, -0.1) is 0 Å². The van der Waals surface area contributed by atoms with Gasteiger partial charge in [-0.2, -0.15) is 0 Å². The number of carbonyl (C=O) groups is 2. The standard InChI is InChI=1S/C17H17NO4/c19-16-8-14(11-22-17(20)15-6-7-21-12-15)10-18(16)9-13-4-2-1-3-5-13/h1-7,12,14H,8-11H2/t14-/m0/s1. The van der Waals surface area contributed by atoms with Crippen molar-refractivity contribution in [2.75, 3.05) is 13.2 Å². The number of amides is 1. The molecule has 1 fully saturated rings. The van der Waals surface area contributed by atoms with Crippen LogP contribution in [0.15, 0.2) is 53.3 Å². The molecule has 0 spiro atoms. The Morgan fingerprint density at radius 1 is 1.27 bits per heavy atom. The molecule has 5 heteroatoms. The van der Waals surface area contributed by atoms with Crippen LogP contribution in [0.1, 0.15) is 22.3 Å². The van der Waals surface area contributed by atoms with Crippen molar-refractivity contribution < 1.29 is 18.7 Å². The molecule has 2 aromatic rings. The molecule has 0 aliphatic carbocycles. The van der Waals surface area contributed by atoms with Gasteiger partial charge in [0.15, 0.2) is 0 Å². The zero-order chi connectivity index (χ0) is 15.4. The van der Waals surface area contributed by atoms with Crippen molar-refractivity contribution in [3.05, 3.63) is 60.1 Å². The summed E-state index contributed by atoms with van der Waals surface area (Å²) >= 11 is 0. The van der Waals surface area contributed by atoms with Crippen molar-refractivity contribution in [2.24, 2.45) is 5.92 Å². The van der Waals surface area contributed by atoms with Gasteiger partial charge in [0.25, 0.3) is 0 Å². The van der Waals surface area contributed by atoms with Crippen molar-refractivity contribution in [3.63, 3.8) is 0 Å². The maximum atomic E-state index is 12.0. The normalized spacial score (nSPS) is 17.7. The summed E-state index contributed by atoms with van der Waals surface area (Å²) in [4.78, 5) is 25.6. The average Bonchev–Trinajstić information content (AvgIpc) is 3.17. The van der Waals surface area contributed by atoms with Gasteiger partial charge in [0.2, 0.25) is 5.91 Å². The second kappa shape index (κ2) is 6.47. The van der Waals surface area contributed by atoms with Crippen LogP contribution >= 0.6 is 0 Å². The molecule has 0 saturated carbocycles. The third-order valence-corrected chi connectivity index (χ3v) is 3.72. The first-order valence-electron chi connectivity index (χ1n) is 7.23. The molecule has 1 atom stereocenters. The van der Waals surface area contributed by atoms with Crippen LogP contribution in [0.25, 0.3) is 0 Å². The molecule has 1 aliphatic heterocycles. The molecule has 2 heterocycles. The predicted molar refractivity (Wildman–Crippen MR) is 79.0 cm³/mol. The SMILES string of the molecule is O=C(OC[C@H]1CC(=O)N(Cc2ccccc2)C1)c1ccoc1. The first-order chi connectivity index (χ1) is 10.7. The van der Waals surface area contributed by atoms with Crippen LogP contribution in [0.2, 0.25) is 0 Å². The molecule has 1 aromatic heterocycles. The van der Waals surface area contributed by atoms with Crippen molar-refractivity contribution in [1.82, 2.24) is 4.90 Å². The van der Waals surface area contributed by atoms with E-state index in [0.29, 0.717) is 25.1 Å². The smallest absolute Gasteiger partial charge is 0.341 e. The minimum absolute atomic E-state index is 0.0482. The van der Waals surface area contributed by atoms with Gasteiger partial charge in [0.05, 0.1) is 18.4 Å². The number of benzene rings is 1. The zero-order valence-corrected chi connectivity index (χ0v) is 12.1. The lowest BCUT2D eigenvalue weighted by molar-refractivity contribution is -0.128. The molecular formula is C17H17NO4. The van der Waals surface area contributed by atoms with Crippen molar-refractivity contribution in [3.8, 4) is 0 Å². The summed E-state index contributed by atoms with van der Waals surface area (Å²) in [6.45, 7) is 1.47. The zero-order valence-electron chi connectivity index (χ0n) is 12.1. The van der Waals surface area contributed by atoms with Crippen molar-refractivity contribution in [1.29, 1.82) is 0 Å². The van der Waals surface area contributed by atoms with E-state index < -0.39 is 5.97 Å². The molecular weight excluding hydrogens is 282 g/mol. The molecule has 0 bridgehead atoms. The summed E-state index contributed by atoms with van der Waals surface area (Å²) < 4.78 is 10.1. The number of hydrogen-bond acceptors (Lipinski definition) is 4. The number of furan rings is 1. The summed E-state index contributed by atoms with van der Waals surface area (Å²) in [5.41, 5.74) is 1.50. The quantitative estimate of drug-likeness (QED) is 0.796. The molecule has 0 N–H and O–H groups in total. The lowest BCUT2D eigenvalue weighted by atomic mass is 10.1. The van der Waals surface area contributed by atoms with Crippen LogP contribution < -0.4 is 0 Å². The van der Waals surface area contributed by atoms with E-state index in [-0.39, 0.29) is 18.4 Å². The van der Waals surface area contributed by atoms with E-state index in [1.54, 1.807) is 6.07 Å². The first-order valence-corrected chi connectivity index (χ1v) is 7.23. The number of esters is 1. The number of rotatable bonds is 5. The lowest BCUT2D eigenvalue weighted by Crippen LogP contribution is -2.25. The van der Waals surface area contributed by atoms with E-state index in [4.69, 9.17) is 9.15 Å². The second-order valence-electron chi connectivity index (χ2n) is 5.44. The fourth-order valence-electron chi connectivity index (χ4n) is 2.58. The highest BCUT2D eigenvalue weighted by Crippen LogP contribution is 2.21. The maximum absolute atomic E-state index is 12.0. The Bertz CT molecular complexity index is 636. The summed E-state index contributed by atoms with van der Waals surface area (Å²) in [6.07, 6.45) is 3.20. The second-order valence-corrected chi connectivity index (χ2v) is 5.44. The predicted octanol–water partition coefficient (Wildman–Crippen LogP) is 2.49. The summed E-state index contributed by atoms with van der Waals surface area (Å²) in [7, 11) is 0. The van der Waals surface area contributed by atoms with E-state index in [2.05, 4.69) is 0 Å². The van der Waals surface area contributed by atoms with E-state index in [1.807, 2.05) is 35.2 Å². The molecule has 1 amide bonds. The number of hydrogen-bond donors (Lipinski definition) is 0. The molecule has 0 radical (unpaired) electrons. The van der Waals surface area contributed by atoms with Gasteiger partial charge in [0.1, 0.15) is 6.26 Å². The van der Waals surface area contributed by atoms with Gasteiger partial charge in [-0.3, -0.25) is 4.79 Å². The Balaban J connectivity index is 1.50. The maximum Gasteiger partial charge on any atom is 0.341 e. The highest BCUT2D eigenvalue weighted by Gasteiger charge is 2.30. The Morgan fingerprint density at radius 3 is 2.82 bits per heavy atom. The van der Waals surface area contributed by atoms with Gasteiger partial charge in [-0.25, -0.2) is 4.79 Å². The molecule has 22 heavy (non-hydrogen) atoms. The molecule has 1 aliphatic rings. The molecule has 5 nitrogen and oxygen atoms in total. The van der Waals surface area contributed by atoms with Crippen molar-refractivity contribution >= 4 is 11.9 Å². The van der Waals surface area contributed by atoms with Crippen LogP contribution in [-0.2, 0) is 16.1 Å². The van der Waals surface area contributed by atoms with Crippen LogP contribution in [0.5, 0.6) is 0 Å². The summed E-state index contributed by atoms with van der Waals surface area (Å²) in [5, 5.41) is 0. The van der Waals surface area contributed by atoms with E-state index >= 15 is 0 Å². The van der Waals surface area contributed by atoms with Crippen molar-refractivity contribution in [2.45, 2.75) is 13.0 Å². The summed E-state index contributed by atoms with van der Waals surface area (Å²) in [6, 6.07) is 11.4. The Hall–Kier alpha value is -2.56. The lowest BCUT2D eigenvalue weighted by Gasteiger charge is -2.16. The number of carbonyl (C=O) groups excluding carboxylic acids is 2. The molecule has 1 saturated heterocycles. The Kier molecular flexibility index (Phi) is 4.23. The highest BCUT2D eigenvalue weighted by molar-refractivity contribution is 5.88. The van der Waals surface area contributed by atoms with Gasteiger partial charge in [-0.05, 0) is 11.6 Å². The number of nitrogens with zero attached hydrogens (tertiary/aromatic N) is 1. The third kappa shape index (κ3) is 3.36. The highest BCUT2D eigenvalue weighted by atomic mass is 16.5. The Morgan fingerprint density at radius 2 is 2.09 bits per heavy atom. The largest absolute Gasteiger partial charge is 0.472 e. The monoisotopic (exact) mass is 299 g/mol. The van der Waals surface area contributed by atoms with Crippen LogP contribution in [-0.4, -0.2) is 29.9 Å². The van der Waals surface area contributed by atoms with E-state index in [9.17, 15) is 9.59 Å². The van der Waals surface area contributed by atoms with E-state index in [1.165, 1.54) is 12.5 Å². The fraction of sp³-hybridized carbons (Fsp3) is 0.294. The van der Waals surface area contributed by atoms with Crippen LogP contribution in [0.4, 0.5) is 0 Å². The molecule has 3 rings (SSSR count). The average molecular weight is 299 g/mol. The van der Waals surface area contributed by atoms with Crippen LogP contribution in [0, 0.1) is 5.92 Å². The third-order valence-electron chi connectivity index (χ3n) is 3.72. The number of likely N-dealkylation sites (tertiary alicyclic amines) is 1. The van der Waals surface area contributed by atoms with Gasteiger partial charge in [0, 0.05) is 25.4 Å². The van der Waals surface area contributed by atoms with Gasteiger partial charge >= 0.3 is 5.97 Å². The van der Waals surface area contributed by atoms with Gasteiger partial charge < -0.3 is 14.1 Å². The molecule has 114 valence electrons. The topological polar surface area (TPSA) is 59.8 Å². The van der Waals surface area contributed by atoms with Gasteiger partial charge in [-0.1, -0.05) is 30.3 Å². The van der Waals surface area contributed by atoms with Crippen LogP contribution in [0.3, 0.4) is 0 Å².